The Balaban J connectivity index is 2.65. The van der Waals surface area contributed by atoms with Crippen LogP contribution in [0.4, 0.5) is 5.69 Å². The lowest BCUT2D eigenvalue weighted by atomic mass is 10.1. The van der Waals surface area contributed by atoms with Crippen LogP contribution in [-0.4, -0.2) is 12.6 Å². The fourth-order valence-corrected chi connectivity index (χ4v) is 1.44. The summed E-state index contributed by atoms with van der Waals surface area (Å²) in [4.78, 5) is 0. The zero-order valence-corrected chi connectivity index (χ0v) is 10.3. The number of nitrogens with one attached hydrogen (secondary N) is 1. The summed E-state index contributed by atoms with van der Waals surface area (Å²) in [5.41, 5.74) is 7.29. The van der Waals surface area contributed by atoms with Crippen LogP contribution in [0.3, 0.4) is 0 Å². The van der Waals surface area contributed by atoms with Gasteiger partial charge in [0.2, 0.25) is 0 Å². The molecule has 0 aliphatic carbocycles. The Morgan fingerprint density at radius 3 is 2.69 bits per heavy atom. The Labute approximate surface area is 101 Å². The summed E-state index contributed by atoms with van der Waals surface area (Å²) in [7, 11) is 0. The van der Waals surface area contributed by atoms with E-state index in [-0.39, 0.29) is 6.04 Å². The van der Waals surface area contributed by atoms with Crippen LogP contribution in [0.15, 0.2) is 18.2 Å². The molecule has 16 heavy (non-hydrogen) atoms. The van der Waals surface area contributed by atoms with Gasteiger partial charge in [-0.3, -0.25) is 0 Å². The summed E-state index contributed by atoms with van der Waals surface area (Å²) in [6.07, 6.45) is 0. The molecule has 0 spiro atoms. The second-order valence-electron chi connectivity index (χ2n) is 4.10. The quantitative estimate of drug-likeness (QED) is 0.846. The molecule has 4 heteroatoms. The Morgan fingerprint density at radius 1 is 1.50 bits per heavy atom. The average Bonchev–Trinajstić information content (AvgIpc) is 2.26. The molecule has 0 fully saturated rings. The molecule has 0 saturated carbocycles. The first-order valence-corrected chi connectivity index (χ1v) is 5.61. The van der Waals surface area contributed by atoms with Gasteiger partial charge in [-0.15, -0.1) is 0 Å². The summed E-state index contributed by atoms with van der Waals surface area (Å²) >= 11 is 6.02. The summed E-state index contributed by atoms with van der Waals surface area (Å²) in [6, 6.07) is 7.31. The van der Waals surface area contributed by atoms with Crippen molar-refractivity contribution in [3.05, 3.63) is 28.8 Å². The topological polar surface area (TPSA) is 61.8 Å². The number of nitriles is 1. The standard InChI is InChI=1S/C12H16ClN3/c1-8(2)11(15)7-16-12-4-3-9(6-14)5-10(12)13/h3-5,8,11,16H,7,15H2,1-2H3. The minimum absolute atomic E-state index is 0.0895. The molecule has 0 amide bonds. The molecule has 1 aromatic carbocycles. The fourth-order valence-electron chi connectivity index (χ4n) is 1.19. The number of hydrogen-bond donors (Lipinski definition) is 2. The Hall–Kier alpha value is -1.24. The van der Waals surface area contributed by atoms with Crippen LogP contribution in [0.2, 0.25) is 5.02 Å². The van der Waals surface area contributed by atoms with Crippen molar-refractivity contribution >= 4 is 17.3 Å². The molecule has 3 N–H and O–H groups in total. The van der Waals surface area contributed by atoms with E-state index < -0.39 is 0 Å². The molecule has 1 atom stereocenters. The van der Waals surface area contributed by atoms with E-state index in [1.165, 1.54) is 0 Å². The first kappa shape index (κ1) is 12.8. The van der Waals surface area contributed by atoms with E-state index in [1.54, 1.807) is 18.2 Å². The molecule has 0 aliphatic heterocycles. The lowest BCUT2D eigenvalue weighted by molar-refractivity contribution is 0.511. The highest BCUT2D eigenvalue weighted by molar-refractivity contribution is 6.33. The van der Waals surface area contributed by atoms with Crippen LogP contribution in [0.1, 0.15) is 19.4 Å². The van der Waals surface area contributed by atoms with Gasteiger partial charge in [-0.25, -0.2) is 0 Å². The predicted octanol–water partition coefficient (Wildman–Crippen LogP) is 2.61. The van der Waals surface area contributed by atoms with Gasteiger partial charge in [-0.1, -0.05) is 25.4 Å². The normalized spacial score (nSPS) is 12.2. The number of benzene rings is 1. The third kappa shape index (κ3) is 3.41. The van der Waals surface area contributed by atoms with E-state index in [2.05, 4.69) is 19.2 Å². The van der Waals surface area contributed by atoms with Gasteiger partial charge >= 0.3 is 0 Å². The maximum atomic E-state index is 8.69. The third-order valence-corrected chi connectivity index (χ3v) is 2.80. The summed E-state index contributed by atoms with van der Waals surface area (Å²) in [6.45, 7) is 4.82. The molecule has 0 saturated heterocycles. The van der Waals surface area contributed by atoms with Gasteiger partial charge in [-0.2, -0.15) is 5.26 Å². The third-order valence-electron chi connectivity index (χ3n) is 2.48. The molecular weight excluding hydrogens is 222 g/mol. The van der Waals surface area contributed by atoms with Crippen molar-refractivity contribution in [3.63, 3.8) is 0 Å². The van der Waals surface area contributed by atoms with Gasteiger partial charge in [0.15, 0.2) is 0 Å². The second kappa shape index (κ2) is 5.74. The molecule has 0 radical (unpaired) electrons. The minimum Gasteiger partial charge on any atom is -0.382 e. The first-order valence-electron chi connectivity index (χ1n) is 5.23. The van der Waals surface area contributed by atoms with E-state index >= 15 is 0 Å². The van der Waals surface area contributed by atoms with Crippen LogP contribution in [-0.2, 0) is 0 Å². The predicted molar refractivity (Wildman–Crippen MR) is 67.5 cm³/mol. The van der Waals surface area contributed by atoms with Gasteiger partial charge in [-0.05, 0) is 24.1 Å². The molecule has 1 rings (SSSR count). The second-order valence-corrected chi connectivity index (χ2v) is 4.50. The Morgan fingerprint density at radius 2 is 2.19 bits per heavy atom. The largest absolute Gasteiger partial charge is 0.382 e. The van der Waals surface area contributed by atoms with E-state index in [9.17, 15) is 0 Å². The molecular formula is C12H16ClN3. The zero-order valence-electron chi connectivity index (χ0n) is 9.50. The van der Waals surface area contributed by atoms with Gasteiger partial charge in [0.1, 0.15) is 0 Å². The fraction of sp³-hybridized carbons (Fsp3) is 0.417. The van der Waals surface area contributed by atoms with Crippen molar-refractivity contribution < 1.29 is 0 Å². The number of rotatable bonds is 4. The van der Waals surface area contributed by atoms with Gasteiger partial charge in [0.05, 0.1) is 22.3 Å². The van der Waals surface area contributed by atoms with E-state index in [0.29, 0.717) is 23.0 Å². The molecule has 0 bridgehead atoms. The number of anilines is 1. The van der Waals surface area contributed by atoms with Crippen molar-refractivity contribution in [3.8, 4) is 6.07 Å². The minimum atomic E-state index is 0.0895. The summed E-state index contributed by atoms with van der Waals surface area (Å²) in [5.74, 6) is 0.421. The highest BCUT2D eigenvalue weighted by Crippen LogP contribution is 2.22. The van der Waals surface area contributed by atoms with Crippen molar-refractivity contribution in [2.45, 2.75) is 19.9 Å². The monoisotopic (exact) mass is 237 g/mol. The average molecular weight is 238 g/mol. The lowest BCUT2D eigenvalue weighted by Crippen LogP contribution is -2.34. The van der Waals surface area contributed by atoms with Crippen LogP contribution in [0.5, 0.6) is 0 Å². The number of hydrogen-bond acceptors (Lipinski definition) is 3. The first-order chi connectivity index (χ1) is 7.54. The van der Waals surface area contributed by atoms with Gasteiger partial charge < -0.3 is 11.1 Å². The van der Waals surface area contributed by atoms with Crippen molar-refractivity contribution in [2.75, 3.05) is 11.9 Å². The number of nitrogens with two attached hydrogens (primary N) is 1. The highest BCUT2D eigenvalue weighted by Gasteiger charge is 2.08. The smallest absolute Gasteiger partial charge is 0.0992 e. The number of nitrogens with zero attached hydrogens (tertiary/aromatic N) is 1. The van der Waals surface area contributed by atoms with E-state index in [4.69, 9.17) is 22.6 Å². The van der Waals surface area contributed by atoms with E-state index in [1.807, 2.05) is 6.07 Å². The molecule has 86 valence electrons. The highest BCUT2D eigenvalue weighted by atomic mass is 35.5. The van der Waals surface area contributed by atoms with Crippen molar-refractivity contribution in [1.82, 2.24) is 0 Å². The summed E-state index contributed by atoms with van der Waals surface area (Å²) in [5, 5.41) is 12.4. The van der Waals surface area contributed by atoms with Crippen molar-refractivity contribution in [1.29, 1.82) is 5.26 Å². The maximum Gasteiger partial charge on any atom is 0.0992 e. The molecule has 1 unspecified atom stereocenters. The van der Waals surface area contributed by atoms with E-state index in [0.717, 1.165) is 5.69 Å². The molecule has 0 aliphatic rings. The lowest BCUT2D eigenvalue weighted by Gasteiger charge is -2.17. The SMILES string of the molecule is CC(C)C(N)CNc1ccc(C#N)cc1Cl. The van der Waals surface area contributed by atoms with Crippen molar-refractivity contribution in [2.24, 2.45) is 11.7 Å². The molecule has 0 heterocycles. The van der Waals surface area contributed by atoms with Crippen LogP contribution < -0.4 is 11.1 Å². The molecule has 1 aromatic rings. The van der Waals surface area contributed by atoms with Gasteiger partial charge in [0, 0.05) is 12.6 Å². The number of halogens is 1. The maximum absolute atomic E-state index is 8.69. The Kier molecular flexibility index (Phi) is 4.60. The molecule has 3 nitrogen and oxygen atoms in total. The van der Waals surface area contributed by atoms with Crippen LogP contribution in [0, 0.1) is 17.2 Å². The summed E-state index contributed by atoms with van der Waals surface area (Å²) < 4.78 is 0. The van der Waals surface area contributed by atoms with Crippen LogP contribution >= 0.6 is 11.6 Å². The van der Waals surface area contributed by atoms with Crippen LogP contribution in [0.25, 0.3) is 0 Å². The zero-order chi connectivity index (χ0) is 12.1. The molecule has 0 aromatic heterocycles. The Bertz CT molecular complexity index is 396. The van der Waals surface area contributed by atoms with Gasteiger partial charge in [0.25, 0.3) is 0 Å².